The smallest absolute Gasteiger partial charge is 0.295 e. The van der Waals surface area contributed by atoms with Crippen molar-refractivity contribution < 1.29 is 14.7 Å². The zero-order valence-electron chi connectivity index (χ0n) is 16.1. The van der Waals surface area contributed by atoms with Crippen LogP contribution in [-0.2, 0) is 9.59 Å². The average molecular weight is 434 g/mol. The summed E-state index contributed by atoms with van der Waals surface area (Å²) >= 11 is 12.0. The van der Waals surface area contributed by atoms with Gasteiger partial charge in [0.1, 0.15) is 5.76 Å². The van der Waals surface area contributed by atoms with E-state index in [0.717, 1.165) is 6.54 Å². The number of rotatable bonds is 6. The van der Waals surface area contributed by atoms with Crippen molar-refractivity contribution in [3.63, 3.8) is 0 Å². The molecule has 1 aliphatic heterocycles. The largest absolute Gasteiger partial charge is 0.507 e. The second kappa shape index (κ2) is 8.95. The molecule has 0 aliphatic carbocycles. The minimum atomic E-state index is -0.729. The molecule has 0 spiro atoms. The second-order valence-electron chi connectivity index (χ2n) is 7.06. The van der Waals surface area contributed by atoms with E-state index in [1.807, 2.05) is 19.0 Å². The summed E-state index contributed by atoms with van der Waals surface area (Å²) in [6, 6.07) is 7.35. The maximum atomic E-state index is 12.9. The second-order valence-corrected chi connectivity index (χ2v) is 7.88. The van der Waals surface area contributed by atoms with Crippen LogP contribution in [0.5, 0.6) is 0 Å². The van der Waals surface area contributed by atoms with Gasteiger partial charge in [0.2, 0.25) is 0 Å². The molecule has 152 valence electrons. The van der Waals surface area contributed by atoms with Crippen LogP contribution in [0.4, 0.5) is 0 Å². The van der Waals surface area contributed by atoms with Crippen molar-refractivity contribution in [3.8, 4) is 0 Å². The number of aromatic nitrogens is 1. The Hall–Kier alpha value is -2.41. The molecule has 1 aromatic heterocycles. The van der Waals surface area contributed by atoms with Crippen molar-refractivity contribution in [1.82, 2.24) is 14.8 Å². The van der Waals surface area contributed by atoms with Crippen molar-refractivity contribution in [1.29, 1.82) is 0 Å². The first-order valence-corrected chi connectivity index (χ1v) is 9.85. The molecule has 6 nitrogen and oxygen atoms in total. The summed E-state index contributed by atoms with van der Waals surface area (Å²) in [7, 11) is 3.88. The molecule has 1 unspecified atom stereocenters. The summed E-state index contributed by atoms with van der Waals surface area (Å²) in [5.41, 5.74) is 0.990. The molecule has 1 saturated heterocycles. The number of ketones is 1. The lowest BCUT2D eigenvalue weighted by atomic mass is 9.96. The van der Waals surface area contributed by atoms with Gasteiger partial charge in [-0.05, 0) is 56.9 Å². The van der Waals surface area contributed by atoms with Crippen molar-refractivity contribution in [2.45, 2.75) is 12.5 Å². The van der Waals surface area contributed by atoms with Gasteiger partial charge >= 0.3 is 0 Å². The van der Waals surface area contributed by atoms with Crippen LogP contribution < -0.4 is 0 Å². The molecule has 1 amide bonds. The average Bonchev–Trinajstić information content (AvgIpc) is 2.95. The number of hydrogen-bond donors (Lipinski definition) is 1. The number of aliphatic hydroxyl groups is 1. The molecule has 2 heterocycles. The van der Waals surface area contributed by atoms with Crippen LogP contribution in [0.15, 0.2) is 48.3 Å². The number of pyridine rings is 1. The van der Waals surface area contributed by atoms with Gasteiger partial charge in [0, 0.05) is 24.5 Å². The van der Waals surface area contributed by atoms with Crippen molar-refractivity contribution in [2.24, 2.45) is 0 Å². The molecule has 29 heavy (non-hydrogen) atoms. The molecule has 1 fully saturated rings. The summed E-state index contributed by atoms with van der Waals surface area (Å²) in [6.07, 6.45) is 3.89. The van der Waals surface area contributed by atoms with Gasteiger partial charge in [0.05, 0.1) is 21.7 Å². The molecule has 1 aromatic carbocycles. The predicted molar refractivity (Wildman–Crippen MR) is 113 cm³/mol. The van der Waals surface area contributed by atoms with Crippen molar-refractivity contribution in [3.05, 3.63) is 69.5 Å². The summed E-state index contributed by atoms with van der Waals surface area (Å²) in [5.74, 6) is -1.66. The Morgan fingerprint density at radius 3 is 2.59 bits per heavy atom. The molecule has 1 aliphatic rings. The fourth-order valence-electron chi connectivity index (χ4n) is 3.35. The van der Waals surface area contributed by atoms with E-state index >= 15 is 0 Å². The molecule has 0 radical (unpaired) electrons. The zero-order valence-corrected chi connectivity index (χ0v) is 17.6. The number of benzene rings is 1. The third-order valence-electron chi connectivity index (χ3n) is 4.74. The molecule has 3 rings (SSSR count). The molecule has 0 bridgehead atoms. The Morgan fingerprint density at radius 1 is 1.21 bits per heavy atom. The molecule has 1 atom stereocenters. The van der Waals surface area contributed by atoms with E-state index in [1.165, 1.54) is 17.0 Å². The zero-order chi connectivity index (χ0) is 21.1. The van der Waals surface area contributed by atoms with Crippen LogP contribution in [0.1, 0.15) is 23.6 Å². The fraction of sp³-hybridized carbons (Fsp3) is 0.286. The summed E-state index contributed by atoms with van der Waals surface area (Å²) in [6.45, 7) is 1.13. The molecule has 1 N–H and O–H groups in total. The number of Topliss-reactive ketones (excluding diaryl/α,β-unsaturated/α-hetero) is 1. The first-order chi connectivity index (χ1) is 13.8. The fourth-order valence-corrected chi connectivity index (χ4v) is 3.65. The van der Waals surface area contributed by atoms with Gasteiger partial charge in [-0.2, -0.15) is 0 Å². The number of hydrogen-bond acceptors (Lipinski definition) is 5. The molecular formula is C21H21Cl2N3O3. The van der Waals surface area contributed by atoms with Crippen molar-refractivity contribution in [2.75, 3.05) is 27.2 Å². The minimum absolute atomic E-state index is 0.0197. The topological polar surface area (TPSA) is 73.7 Å². The molecule has 8 heteroatoms. The molecule has 0 saturated carbocycles. The Balaban J connectivity index is 2.09. The van der Waals surface area contributed by atoms with E-state index in [2.05, 4.69) is 4.98 Å². The minimum Gasteiger partial charge on any atom is -0.507 e. The highest BCUT2D eigenvalue weighted by Crippen LogP contribution is 2.39. The number of halogens is 2. The van der Waals surface area contributed by atoms with Gasteiger partial charge in [-0.1, -0.05) is 29.3 Å². The van der Waals surface area contributed by atoms with Gasteiger partial charge in [0.15, 0.2) is 0 Å². The lowest BCUT2D eigenvalue weighted by Gasteiger charge is -2.25. The monoisotopic (exact) mass is 433 g/mol. The van der Waals surface area contributed by atoms with Gasteiger partial charge in [-0.25, -0.2) is 0 Å². The van der Waals surface area contributed by atoms with Crippen LogP contribution in [0.25, 0.3) is 5.76 Å². The van der Waals surface area contributed by atoms with Crippen LogP contribution in [-0.4, -0.2) is 58.8 Å². The highest BCUT2D eigenvalue weighted by Gasteiger charge is 2.45. The predicted octanol–water partition coefficient (Wildman–Crippen LogP) is 3.76. The third kappa shape index (κ3) is 4.45. The van der Waals surface area contributed by atoms with Gasteiger partial charge in [-0.3, -0.25) is 14.6 Å². The first kappa shape index (κ1) is 21.3. The van der Waals surface area contributed by atoms with E-state index in [-0.39, 0.29) is 16.4 Å². The Kier molecular flexibility index (Phi) is 6.57. The normalized spacial score (nSPS) is 18.7. The number of carbonyl (C=O) groups excluding carboxylic acids is 2. The number of amides is 1. The molecule has 2 aromatic rings. The summed E-state index contributed by atoms with van der Waals surface area (Å²) < 4.78 is 0. The first-order valence-electron chi connectivity index (χ1n) is 9.09. The quantitative estimate of drug-likeness (QED) is 0.426. The van der Waals surface area contributed by atoms with Crippen molar-refractivity contribution >= 4 is 40.7 Å². The van der Waals surface area contributed by atoms with Gasteiger partial charge in [0.25, 0.3) is 11.7 Å². The number of aliphatic hydroxyl groups excluding tert-OH is 1. The Morgan fingerprint density at radius 2 is 1.97 bits per heavy atom. The van der Waals surface area contributed by atoms with E-state index in [0.29, 0.717) is 29.1 Å². The maximum absolute atomic E-state index is 12.9. The maximum Gasteiger partial charge on any atom is 0.295 e. The highest BCUT2D eigenvalue weighted by atomic mass is 35.5. The lowest BCUT2D eigenvalue weighted by Crippen LogP contribution is -2.32. The van der Waals surface area contributed by atoms with E-state index in [1.54, 1.807) is 30.6 Å². The SMILES string of the molecule is CN(C)CCCN1C(=O)C(=O)/C(=C(\O)c2ccc(Cl)c(Cl)c2)C1c1cccnc1. The van der Waals surface area contributed by atoms with E-state index in [4.69, 9.17) is 23.2 Å². The van der Waals surface area contributed by atoms with Crippen LogP contribution in [0.3, 0.4) is 0 Å². The van der Waals surface area contributed by atoms with Crippen LogP contribution >= 0.6 is 23.2 Å². The summed E-state index contributed by atoms with van der Waals surface area (Å²) in [4.78, 5) is 33.3. The third-order valence-corrected chi connectivity index (χ3v) is 5.48. The van der Waals surface area contributed by atoms with Gasteiger partial charge in [-0.15, -0.1) is 0 Å². The standard InChI is InChI=1S/C21H21Cl2N3O3/c1-25(2)9-4-10-26-18(14-5-3-8-24-12-14)17(20(28)21(26)29)19(27)13-6-7-15(22)16(23)11-13/h3,5-8,11-12,18,27H,4,9-10H2,1-2H3/b19-17-. The van der Waals surface area contributed by atoms with E-state index < -0.39 is 17.7 Å². The van der Waals surface area contributed by atoms with E-state index in [9.17, 15) is 14.7 Å². The Labute approximate surface area is 179 Å². The lowest BCUT2D eigenvalue weighted by molar-refractivity contribution is -0.139. The summed E-state index contributed by atoms with van der Waals surface area (Å²) in [5, 5.41) is 11.5. The Bertz CT molecular complexity index is 961. The van der Waals surface area contributed by atoms with Crippen LogP contribution in [0, 0.1) is 0 Å². The number of nitrogens with zero attached hydrogens (tertiary/aromatic N) is 3. The number of carbonyl (C=O) groups is 2. The van der Waals surface area contributed by atoms with Gasteiger partial charge < -0.3 is 14.9 Å². The molecular weight excluding hydrogens is 413 g/mol. The number of likely N-dealkylation sites (tertiary alicyclic amines) is 1. The van der Waals surface area contributed by atoms with Crippen LogP contribution in [0.2, 0.25) is 10.0 Å². The highest BCUT2D eigenvalue weighted by molar-refractivity contribution is 6.46.